The average Bonchev–Trinajstić information content (AvgIpc) is 2.29. The summed E-state index contributed by atoms with van der Waals surface area (Å²) in [7, 11) is 0. The molecule has 1 aliphatic heterocycles. The minimum absolute atomic E-state index is 0.0529. The molecule has 0 N–H and O–H groups in total. The van der Waals surface area contributed by atoms with Gasteiger partial charge in [-0.15, -0.1) is 0 Å². The molecule has 2 aromatic carbocycles. The van der Waals surface area contributed by atoms with Crippen LogP contribution in [0.5, 0.6) is 0 Å². The van der Waals surface area contributed by atoms with E-state index in [1.54, 1.807) is 4.40 Å². The van der Waals surface area contributed by atoms with Crippen molar-refractivity contribution in [3.63, 3.8) is 0 Å². The zero-order valence-electron chi connectivity index (χ0n) is 7.70. The molecule has 1 radical (unpaired) electrons. The molecule has 1 aliphatic rings. The Kier molecular flexibility index (Phi) is 1.88. The summed E-state index contributed by atoms with van der Waals surface area (Å²) in [5.41, 5.74) is 4.27. The zero-order chi connectivity index (χ0) is 9.38. The van der Waals surface area contributed by atoms with E-state index in [9.17, 15) is 0 Å². The van der Waals surface area contributed by atoms with Crippen LogP contribution in [0.2, 0.25) is 0 Å². The quantitative estimate of drug-likeness (QED) is 0.524. The normalized spacial score (nSPS) is 12.0. The van der Waals surface area contributed by atoms with Gasteiger partial charge < -0.3 is 0 Å². The maximum atomic E-state index is 2.43. The minimum atomic E-state index is -0.0529. The Hall–Kier alpha value is -1.15. The third-order valence-electron chi connectivity index (χ3n) is 2.56. The van der Waals surface area contributed by atoms with E-state index >= 15 is 0 Å². The summed E-state index contributed by atoms with van der Waals surface area (Å²) in [5, 5.41) is 0. The summed E-state index contributed by atoms with van der Waals surface area (Å²) in [4.78, 5) is 2.43. The van der Waals surface area contributed by atoms with E-state index in [0.29, 0.717) is 0 Å². The van der Waals surface area contributed by atoms with E-state index in [0.717, 1.165) is 0 Å². The first-order valence-corrected chi connectivity index (χ1v) is 6.99. The molecule has 0 aliphatic carbocycles. The van der Waals surface area contributed by atoms with Gasteiger partial charge in [-0.05, 0) is 0 Å². The molecule has 0 nitrogen and oxygen atoms in total. The van der Waals surface area contributed by atoms with Crippen molar-refractivity contribution in [2.45, 2.75) is 0 Å². The third kappa shape index (κ3) is 1.18. The molecule has 2 aromatic rings. The maximum absolute atomic E-state index is 2.43. The van der Waals surface area contributed by atoms with Gasteiger partial charge in [-0.25, -0.2) is 0 Å². The van der Waals surface area contributed by atoms with Crippen molar-refractivity contribution in [3.05, 3.63) is 54.1 Å². The van der Waals surface area contributed by atoms with Gasteiger partial charge in [-0.1, -0.05) is 0 Å². The van der Waals surface area contributed by atoms with Crippen molar-refractivity contribution in [3.8, 4) is 11.1 Å². The second-order valence-electron chi connectivity index (χ2n) is 3.42. The summed E-state index contributed by atoms with van der Waals surface area (Å²) >= 11 is -0.0529. The molecule has 0 saturated carbocycles. The van der Waals surface area contributed by atoms with Gasteiger partial charge in [0.2, 0.25) is 0 Å². The van der Waals surface area contributed by atoms with E-state index in [1.807, 2.05) is 0 Å². The number of fused-ring (bicyclic) bond motifs is 3. The van der Waals surface area contributed by atoms with Crippen LogP contribution in [0.4, 0.5) is 0 Å². The van der Waals surface area contributed by atoms with Crippen LogP contribution in [0.3, 0.4) is 0 Å². The summed E-state index contributed by atoms with van der Waals surface area (Å²) in [6.45, 7) is 0. The molecule has 0 atom stereocenters. The molecule has 0 aromatic heterocycles. The topological polar surface area (TPSA) is 0 Å². The van der Waals surface area contributed by atoms with Crippen LogP contribution in [0.15, 0.2) is 48.5 Å². The van der Waals surface area contributed by atoms with Crippen LogP contribution in [-0.2, 0) is 0 Å². The van der Waals surface area contributed by atoms with E-state index < -0.39 is 0 Å². The Morgan fingerprint density at radius 2 is 1.43 bits per heavy atom. The first-order valence-electron chi connectivity index (χ1n) is 4.73. The van der Waals surface area contributed by atoms with Gasteiger partial charge in [0.05, 0.1) is 0 Å². The van der Waals surface area contributed by atoms with Crippen LogP contribution < -0.4 is 4.40 Å². The number of rotatable bonds is 0. The fourth-order valence-corrected chi connectivity index (χ4v) is 4.24. The molecule has 0 spiro atoms. The first-order chi connectivity index (χ1) is 6.95. The van der Waals surface area contributed by atoms with Gasteiger partial charge in [-0.2, -0.15) is 0 Å². The standard InChI is InChI=1S/C13H9Ge/c1-2-6-11-10(5-1)9-14-13-8-4-3-7-12(11)13/h1-9H. The van der Waals surface area contributed by atoms with Crippen molar-refractivity contribution >= 4 is 24.2 Å². The van der Waals surface area contributed by atoms with Crippen LogP contribution in [0, 0.1) is 0 Å². The second kappa shape index (κ2) is 3.21. The number of hydrogen-bond acceptors (Lipinski definition) is 0. The Morgan fingerprint density at radius 1 is 0.714 bits per heavy atom. The van der Waals surface area contributed by atoms with Crippen LogP contribution in [0.25, 0.3) is 11.1 Å². The number of benzene rings is 2. The monoisotopic (exact) mass is 239 g/mol. The van der Waals surface area contributed by atoms with Gasteiger partial charge in [0.25, 0.3) is 0 Å². The van der Waals surface area contributed by atoms with Crippen molar-refractivity contribution in [2.75, 3.05) is 0 Å². The van der Waals surface area contributed by atoms with Crippen molar-refractivity contribution in [1.82, 2.24) is 0 Å². The van der Waals surface area contributed by atoms with Crippen LogP contribution in [-0.4, -0.2) is 19.8 Å². The Bertz CT molecular complexity index is 465. The van der Waals surface area contributed by atoms with Gasteiger partial charge in [0.15, 0.2) is 0 Å². The predicted octanol–water partition coefficient (Wildman–Crippen LogP) is 1.85. The summed E-state index contributed by atoms with van der Waals surface area (Å²) in [6.07, 6.45) is 0. The average molecular weight is 238 g/mol. The second-order valence-corrected chi connectivity index (χ2v) is 5.76. The van der Waals surface area contributed by atoms with Gasteiger partial charge in [0, 0.05) is 0 Å². The molecule has 14 heavy (non-hydrogen) atoms. The molecule has 1 heteroatoms. The van der Waals surface area contributed by atoms with Crippen LogP contribution in [0.1, 0.15) is 5.56 Å². The molecule has 1 heterocycles. The summed E-state index contributed by atoms with van der Waals surface area (Å²) in [6, 6.07) is 17.5. The Morgan fingerprint density at radius 3 is 2.36 bits per heavy atom. The van der Waals surface area contributed by atoms with Crippen molar-refractivity contribution in [1.29, 1.82) is 0 Å². The Balaban J connectivity index is 2.36. The van der Waals surface area contributed by atoms with Gasteiger partial charge >= 0.3 is 89.5 Å². The first kappa shape index (κ1) is 8.19. The van der Waals surface area contributed by atoms with Crippen molar-refractivity contribution in [2.24, 2.45) is 0 Å². The van der Waals surface area contributed by atoms with E-state index in [2.05, 4.69) is 53.4 Å². The molecular formula is C13H9Ge. The fourth-order valence-electron chi connectivity index (χ4n) is 1.87. The van der Waals surface area contributed by atoms with Gasteiger partial charge in [-0.3, -0.25) is 0 Å². The number of hydrogen-bond donors (Lipinski definition) is 0. The molecule has 0 amide bonds. The van der Waals surface area contributed by atoms with E-state index in [1.165, 1.54) is 16.7 Å². The Labute approximate surface area is 89.6 Å². The van der Waals surface area contributed by atoms with Crippen molar-refractivity contribution < 1.29 is 0 Å². The fraction of sp³-hybridized carbons (Fsp3) is 0. The molecule has 0 fully saturated rings. The third-order valence-corrected chi connectivity index (χ3v) is 5.08. The molecule has 0 unspecified atom stereocenters. The summed E-state index contributed by atoms with van der Waals surface area (Å²) in [5.74, 6) is 0. The van der Waals surface area contributed by atoms with E-state index in [-0.39, 0.29) is 15.0 Å². The molecule has 3 rings (SSSR count). The van der Waals surface area contributed by atoms with E-state index in [4.69, 9.17) is 0 Å². The molecule has 0 saturated heterocycles. The molecular weight excluding hydrogens is 229 g/mol. The van der Waals surface area contributed by atoms with Gasteiger partial charge in [0.1, 0.15) is 0 Å². The van der Waals surface area contributed by atoms with Crippen LogP contribution >= 0.6 is 0 Å². The SMILES string of the molecule is [CH]1=[Ge][c]2ccccc2-c2ccccc21. The molecule has 0 bridgehead atoms. The summed E-state index contributed by atoms with van der Waals surface area (Å²) < 4.78 is 1.56. The predicted molar refractivity (Wildman–Crippen MR) is 62.4 cm³/mol. The molecule has 65 valence electrons. The zero-order valence-corrected chi connectivity index (χ0v) is 9.79.